The number of amides is 1. The molecule has 1 amide bonds. The third kappa shape index (κ3) is 3.87. The zero-order valence-electron chi connectivity index (χ0n) is 14.0. The van der Waals surface area contributed by atoms with E-state index in [1.165, 1.54) is 6.08 Å². The van der Waals surface area contributed by atoms with E-state index >= 15 is 0 Å². The molecular weight excluding hydrogens is 370 g/mol. The van der Waals surface area contributed by atoms with Gasteiger partial charge in [-0.1, -0.05) is 12.1 Å². The lowest BCUT2D eigenvalue weighted by atomic mass is 10.1. The highest BCUT2D eigenvalue weighted by molar-refractivity contribution is 9.10. The first-order chi connectivity index (χ1) is 11.3. The lowest BCUT2D eigenvalue weighted by molar-refractivity contribution is -0.112. The van der Waals surface area contributed by atoms with E-state index in [2.05, 4.69) is 21.2 Å². The van der Waals surface area contributed by atoms with Gasteiger partial charge in [-0.25, -0.2) is 0 Å². The molecule has 1 aromatic heterocycles. The summed E-state index contributed by atoms with van der Waals surface area (Å²) in [6.07, 6.45) is 1.43. The second-order valence-electron chi connectivity index (χ2n) is 5.57. The van der Waals surface area contributed by atoms with Crippen LogP contribution in [0.5, 0.6) is 0 Å². The van der Waals surface area contributed by atoms with Crippen molar-refractivity contribution in [2.75, 3.05) is 24.3 Å². The van der Waals surface area contributed by atoms with Crippen LogP contribution in [0.15, 0.2) is 38.7 Å². The molecule has 2 aromatic rings. The number of halogens is 1. The number of nitrogens with zero attached hydrogens (tertiary/aromatic N) is 2. The van der Waals surface area contributed by atoms with Crippen molar-refractivity contribution in [3.8, 4) is 6.07 Å². The molecule has 1 heterocycles. The van der Waals surface area contributed by atoms with Gasteiger partial charge in [-0.05, 0) is 47.0 Å². The Morgan fingerprint density at radius 2 is 2.08 bits per heavy atom. The maximum absolute atomic E-state index is 12.4. The average Bonchev–Trinajstić information content (AvgIpc) is 2.90. The van der Waals surface area contributed by atoms with Crippen LogP contribution in [0.1, 0.15) is 16.9 Å². The van der Waals surface area contributed by atoms with Gasteiger partial charge in [0.15, 0.2) is 0 Å². The molecule has 124 valence electrons. The number of hydrogen-bond acceptors (Lipinski definition) is 4. The number of nitriles is 1. The molecule has 1 aromatic carbocycles. The number of rotatable bonds is 4. The smallest absolute Gasteiger partial charge is 0.266 e. The van der Waals surface area contributed by atoms with E-state index in [1.54, 1.807) is 11.0 Å². The summed E-state index contributed by atoms with van der Waals surface area (Å²) >= 11 is 3.39. The molecular formula is C18H18BrN3O2. The van der Waals surface area contributed by atoms with Crippen LogP contribution in [0.25, 0.3) is 6.08 Å². The number of anilines is 2. The lowest BCUT2D eigenvalue weighted by Gasteiger charge is -2.09. The van der Waals surface area contributed by atoms with E-state index in [0.29, 0.717) is 17.3 Å². The van der Waals surface area contributed by atoms with Gasteiger partial charge in [0, 0.05) is 31.9 Å². The van der Waals surface area contributed by atoms with E-state index in [1.807, 2.05) is 52.2 Å². The van der Waals surface area contributed by atoms with Gasteiger partial charge in [0.1, 0.15) is 17.4 Å². The predicted molar refractivity (Wildman–Crippen MR) is 98.9 cm³/mol. The van der Waals surface area contributed by atoms with Crippen molar-refractivity contribution in [2.45, 2.75) is 13.8 Å². The zero-order chi connectivity index (χ0) is 17.9. The number of carbonyl (C=O) groups is 1. The standard InChI is InChI=1S/C18H18BrN3O2/c1-11-6-5-7-16(12(11)2)21-17(23)13(10-20)8-14-9-15(19)18(24-14)22(3)4/h5-9H,1-4H3,(H,21,23)/b13-8-. The van der Waals surface area contributed by atoms with Crippen LogP contribution in [0.2, 0.25) is 0 Å². The molecule has 24 heavy (non-hydrogen) atoms. The molecule has 0 saturated heterocycles. The van der Waals surface area contributed by atoms with Crippen LogP contribution in [0.4, 0.5) is 11.6 Å². The molecule has 6 heteroatoms. The van der Waals surface area contributed by atoms with Gasteiger partial charge in [0.2, 0.25) is 5.88 Å². The molecule has 0 atom stereocenters. The SMILES string of the molecule is Cc1cccc(NC(=O)/C(C#N)=C\c2cc(Br)c(N(C)C)o2)c1C. The number of benzene rings is 1. The fourth-order valence-corrected chi connectivity index (χ4v) is 2.78. The Kier molecular flexibility index (Phi) is 5.47. The van der Waals surface area contributed by atoms with Crippen molar-refractivity contribution < 1.29 is 9.21 Å². The quantitative estimate of drug-likeness (QED) is 0.627. The number of hydrogen-bond donors (Lipinski definition) is 1. The van der Waals surface area contributed by atoms with E-state index in [0.717, 1.165) is 15.6 Å². The van der Waals surface area contributed by atoms with Crippen molar-refractivity contribution in [1.29, 1.82) is 5.26 Å². The summed E-state index contributed by atoms with van der Waals surface area (Å²) in [6, 6.07) is 9.28. The number of nitrogens with one attached hydrogen (secondary N) is 1. The first-order valence-corrected chi connectivity index (χ1v) is 8.08. The van der Waals surface area contributed by atoms with Crippen LogP contribution < -0.4 is 10.2 Å². The summed E-state index contributed by atoms with van der Waals surface area (Å²) in [5, 5.41) is 12.1. The molecule has 2 rings (SSSR count). The van der Waals surface area contributed by atoms with Gasteiger partial charge in [-0.3, -0.25) is 4.79 Å². The number of furan rings is 1. The molecule has 0 bridgehead atoms. The molecule has 1 N–H and O–H groups in total. The summed E-state index contributed by atoms with van der Waals surface area (Å²) in [5.74, 6) is 0.580. The minimum atomic E-state index is -0.467. The zero-order valence-corrected chi connectivity index (χ0v) is 15.6. The summed E-state index contributed by atoms with van der Waals surface area (Å²) in [7, 11) is 3.69. The highest BCUT2D eigenvalue weighted by Gasteiger charge is 2.14. The third-order valence-electron chi connectivity index (χ3n) is 3.60. The molecule has 0 aliphatic rings. The number of aryl methyl sites for hydroxylation is 1. The first kappa shape index (κ1) is 17.8. The fraction of sp³-hybridized carbons (Fsp3) is 0.222. The van der Waals surface area contributed by atoms with Gasteiger partial charge in [-0.2, -0.15) is 5.26 Å². The van der Waals surface area contributed by atoms with Gasteiger partial charge >= 0.3 is 0 Å². The van der Waals surface area contributed by atoms with E-state index in [4.69, 9.17) is 4.42 Å². The van der Waals surface area contributed by atoms with Crippen molar-refractivity contribution >= 4 is 39.5 Å². The van der Waals surface area contributed by atoms with Crippen molar-refractivity contribution in [3.05, 3.63) is 51.2 Å². The molecule has 0 radical (unpaired) electrons. The monoisotopic (exact) mass is 387 g/mol. The summed E-state index contributed by atoms with van der Waals surface area (Å²) < 4.78 is 6.38. The fourth-order valence-electron chi connectivity index (χ4n) is 2.12. The van der Waals surface area contributed by atoms with Crippen LogP contribution in [0, 0.1) is 25.2 Å². The Balaban J connectivity index is 2.28. The molecule has 0 spiro atoms. The van der Waals surface area contributed by atoms with Gasteiger partial charge in [0.25, 0.3) is 5.91 Å². The topological polar surface area (TPSA) is 69.3 Å². The normalized spacial score (nSPS) is 11.1. The van der Waals surface area contributed by atoms with E-state index in [9.17, 15) is 10.1 Å². The first-order valence-electron chi connectivity index (χ1n) is 7.29. The highest BCUT2D eigenvalue weighted by atomic mass is 79.9. The largest absolute Gasteiger partial charge is 0.440 e. The maximum Gasteiger partial charge on any atom is 0.266 e. The second kappa shape index (κ2) is 7.37. The van der Waals surface area contributed by atoms with Gasteiger partial charge < -0.3 is 14.6 Å². The Bertz CT molecular complexity index is 844. The average molecular weight is 388 g/mol. The molecule has 5 nitrogen and oxygen atoms in total. The summed E-state index contributed by atoms with van der Waals surface area (Å²) in [6.45, 7) is 3.89. The maximum atomic E-state index is 12.4. The van der Waals surface area contributed by atoms with Crippen molar-refractivity contribution in [1.82, 2.24) is 0 Å². The van der Waals surface area contributed by atoms with E-state index in [-0.39, 0.29) is 5.57 Å². The third-order valence-corrected chi connectivity index (χ3v) is 4.17. The second-order valence-corrected chi connectivity index (χ2v) is 6.42. The Hall–Kier alpha value is -2.52. The highest BCUT2D eigenvalue weighted by Crippen LogP contribution is 2.30. The van der Waals surface area contributed by atoms with E-state index < -0.39 is 5.91 Å². The lowest BCUT2D eigenvalue weighted by Crippen LogP contribution is -2.14. The predicted octanol–water partition coefficient (Wildman–Crippen LogP) is 4.27. The van der Waals surface area contributed by atoms with Crippen LogP contribution in [-0.4, -0.2) is 20.0 Å². The van der Waals surface area contributed by atoms with Crippen LogP contribution in [-0.2, 0) is 4.79 Å². The molecule has 0 fully saturated rings. The molecule has 0 saturated carbocycles. The van der Waals surface area contributed by atoms with Crippen LogP contribution in [0.3, 0.4) is 0 Å². The molecule has 0 aliphatic heterocycles. The Morgan fingerprint density at radius 1 is 1.38 bits per heavy atom. The Labute approximate surface area is 149 Å². The molecule has 0 unspecified atom stereocenters. The minimum absolute atomic E-state index is 0.0255. The summed E-state index contributed by atoms with van der Waals surface area (Å²) in [5.41, 5.74) is 2.71. The van der Waals surface area contributed by atoms with Crippen LogP contribution >= 0.6 is 15.9 Å². The number of carbonyl (C=O) groups excluding carboxylic acids is 1. The Morgan fingerprint density at radius 3 is 2.67 bits per heavy atom. The van der Waals surface area contributed by atoms with Gasteiger partial charge in [-0.15, -0.1) is 0 Å². The van der Waals surface area contributed by atoms with Crippen molar-refractivity contribution in [3.63, 3.8) is 0 Å². The van der Waals surface area contributed by atoms with Gasteiger partial charge in [0.05, 0.1) is 4.47 Å². The summed E-state index contributed by atoms with van der Waals surface area (Å²) in [4.78, 5) is 14.2. The minimum Gasteiger partial charge on any atom is -0.440 e. The molecule has 0 aliphatic carbocycles. The van der Waals surface area contributed by atoms with Crippen molar-refractivity contribution in [2.24, 2.45) is 0 Å².